The van der Waals surface area contributed by atoms with Gasteiger partial charge in [0.2, 0.25) is 5.91 Å². The van der Waals surface area contributed by atoms with Crippen LogP contribution in [0.15, 0.2) is 47.3 Å². The minimum atomic E-state index is -0.588. The number of rotatable bonds is 5. The Morgan fingerprint density at radius 3 is 2.18 bits per heavy atom. The summed E-state index contributed by atoms with van der Waals surface area (Å²) in [6, 6.07) is 12.2. The molecule has 2 aromatic carbocycles. The average molecular weight is 687 g/mol. The largest absolute Gasteiger partial charge is 0.444 e. The van der Waals surface area contributed by atoms with Gasteiger partial charge in [0.05, 0.1) is 16.6 Å². The third-order valence-electron chi connectivity index (χ3n) is 11.1. The van der Waals surface area contributed by atoms with Gasteiger partial charge in [0.1, 0.15) is 11.4 Å². The first kappa shape index (κ1) is 34.1. The monoisotopic (exact) mass is 686 g/mol. The number of aromatic amines is 1. The van der Waals surface area contributed by atoms with Crippen LogP contribution in [0.4, 0.5) is 9.18 Å². The number of hydrogen-bond donors (Lipinski definition) is 1. The predicted molar refractivity (Wildman–Crippen MR) is 186 cm³/mol. The number of hydrogen-bond acceptors (Lipinski definition) is 7. The molecule has 0 radical (unpaired) electrons. The van der Waals surface area contributed by atoms with E-state index in [1.54, 1.807) is 29.2 Å². The van der Waals surface area contributed by atoms with E-state index in [2.05, 4.69) is 15.1 Å². The number of halogens is 1. The molecule has 4 fully saturated rings. The van der Waals surface area contributed by atoms with E-state index < -0.39 is 11.4 Å². The van der Waals surface area contributed by atoms with Crippen molar-refractivity contribution in [3.8, 4) is 0 Å². The molecule has 1 N–H and O–H groups in total. The summed E-state index contributed by atoms with van der Waals surface area (Å²) in [5.41, 5.74) is 0.587. The number of carbonyl (C=O) groups excluding carboxylic acids is 3. The third-order valence-corrected chi connectivity index (χ3v) is 11.1. The Balaban J connectivity index is 0.885. The summed E-state index contributed by atoms with van der Waals surface area (Å²) in [6.07, 6.45) is 3.94. The summed E-state index contributed by atoms with van der Waals surface area (Å²) in [5, 5.41) is 7.99. The van der Waals surface area contributed by atoms with Gasteiger partial charge in [-0.15, -0.1) is 0 Å². The highest BCUT2D eigenvalue weighted by atomic mass is 19.1. The highest BCUT2D eigenvalue weighted by Gasteiger charge is 2.45. The van der Waals surface area contributed by atoms with E-state index in [0.29, 0.717) is 72.5 Å². The molecule has 4 aliphatic rings. The second-order valence-electron chi connectivity index (χ2n) is 15.5. The van der Waals surface area contributed by atoms with E-state index in [9.17, 15) is 23.6 Å². The van der Waals surface area contributed by atoms with Crippen molar-refractivity contribution in [2.75, 3.05) is 52.4 Å². The molecule has 7 rings (SSSR count). The summed E-state index contributed by atoms with van der Waals surface area (Å²) in [4.78, 5) is 59.7. The maximum absolute atomic E-state index is 15.0. The van der Waals surface area contributed by atoms with Crippen molar-refractivity contribution < 1.29 is 23.5 Å². The van der Waals surface area contributed by atoms with Crippen LogP contribution in [0.1, 0.15) is 68.1 Å². The van der Waals surface area contributed by atoms with Crippen molar-refractivity contribution in [1.82, 2.24) is 29.8 Å². The highest BCUT2D eigenvalue weighted by molar-refractivity contribution is 5.95. The number of nitrogens with one attached hydrogen (secondary N) is 1. The van der Waals surface area contributed by atoms with Crippen molar-refractivity contribution in [2.24, 2.45) is 17.8 Å². The van der Waals surface area contributed by atoms with Gasteiger partial charge >= 0.3 is 6.09 Å². The number of piperidine rings is 1. The first-order valence-corrected chi connectivity index (χ1v) is 18.0. The van der Waals surface area contributed by atoms with Crippen molar-refractivity contribution in [3.05, 3.63) is 75.5 Å². The van der Waals surface area contributed by atoms with Crippen LogP contribution in [-0.2, 0) is 16.0 Å². The molecule has 3 atom stereocenters. The predicted octanol–water partition coefficient (Wildman–Crippen LogP) is 4.29. The van der Waals surface area contributed by atoms with Crippen LogP contribution in [0.25, 0.3) is 10.8 Å². The summed E-state index contributed by atoms with van der Waals surface area (Å²) in [7, 11) is 0. The van der Waals surface area contributed by atoms with Crippen LogP contribution >= 0.6 is 0 Å². The zero-order valence-corrected chi connectivity index (χ0v) is 29.2. The third kappa shape index (κ3) is 7.12. The fourth-order valence-corrected chi connectivity index (χ4v) is 8.46. The fraction of sp³-hybridized carbons (Fsp3) is 0.553. The normalized spacial score (nSPS) is 23.4. The molecule has 1 saturated carbocycles. The Morgan fingerprint density at radius 2 is 1.52 bits per heavy atom. The van der Waals surface area contributed by atoms with Crippen LogP contribution in [0.5, 0.6) is 0 Å². The van der Waals surface area contributed by atoms with E-state index in [1.807, 2.05) is 42.7 Å². The van der Waals surface area contributed by atoms with Crippen LogP contribution in [0, 0.1) is 23.6 Å². The molecule has 3 aromatic rings. The molecule has 0 bridgehead atoms. The first-order valence-electron chi connectivity index (χ1n) is 18.0. The standard InChI is InChI=1S/C38H47FN6O5/c1-38(2,3)50-37(49)45-22-26-20-28(21-27(26)23-45)42-12-10-25(11-13-42)35(47)43-14-16-44(17-15-43)36(48)31-18-24(8-9-32(31)39)19-33-29-6-4-5-7-30(29)34(46)41-40-33/h4-9,18,25-28H,10-17,19-23H2,1-3H3,(H,41,46)/t26-,27+,28?. The minimum Gasteiger partial charge on any atom is -0.444 e. The molecule has 4 heterocycles. The Bertz CT molecular complexity index is 1810. The van der Waals surface area contributed by atoms with Crippen molar-refractivity contribution >= 4 is 28.7 Å². The zero-order valence-electron chi connectivity index (χ0n) is 29.2. The lowest BCUT2D eigenvalue weighted by atomic mass is 9.93. The Morgan fingerprint density at radius 1 is 0.880 bits per heavy atom. The average Bonchev–Trinajstić information content (AvgIpc) is 3.70. The Labute approximate surface area is 291 Å². The van der Waals surface area contributed by atoms with Gasteiger partial charge in [0, 0.05) is 63.0 Å². The Kier molecular flexibility index (Phi) is 9.40. The number of carbonyl (C=O) groups is 3. The van der Waals surface area contributed by atoms with E-state index >= 15 is 0 Å². The smallest absolute Gasteiger partial charge is 0.410 e. The van der Waals surface area contributed by atoms with E-state index in [-0.39, 0.29) is 34.9 Å². The molecular weight excluding hydrogens is 639 g/mol. The van der Waals surface area contributed by atoms with Gasteiger partial charge in [-0.1, -0.05) is 24.3 Å². The number of nitrogens with zero attached hydrogens (tertiary/aromatic N) is 5. The Hall–Kier alpha value is -4.32. The molecule has 11 nitrogen and oxygen atoms in total. The quantitative estimate of drug-likeness (QED) is 0.426. The second kappa shape index (κ2) is 13.8. The van der Waals surface area contributed by atoms with Gasteiger partial charge in [-0.2, -0.15) is 5.10 Å². The summed E-state index contributed by atoms with van der Waals surface area (Å²) in [5.74, 6) is 0.171. The van der Waals surface area contributed by atoms with Gasteiger partial charge in [-0.25, -0.2) is 14.3 Å². The maximum Gasteiger partial charge on any atom is 0.410 e. The van der Waals surface area contributed by atoms with Crippen molar-refractivity contribution in [2.45, 2.75) is 64.5 Å². The second-order valence-corrected chi connectivity index (χ2v) is 15.5. The number of aromatic nitrogens is 2. The van der Waals surface area contributed by atoms with Crippen LogP contribution in [0.2, 0.25) is 0 Å². The molecule has 50 heavy (non-hydrogen) atoms. The zero-order chi connectivity index (χ0) is 35.2. The van der Waals surface area contributed by atoms with E-state index in [1.165, 1.54) is 6.07 Å². The number of benzene rings is 2. The van der Waals surface area contributed by atoms with E-state index in [4.69, 9.17) is 4.74 Å². The summed E-state index contributed by atoms with van der Waals surface area (Å²) < 4.78 is 20.6. The number of likely N-dealkylation sites (tertiary alicyclic amines) is 2. The highest BCUT2D eigenvalue weighted by Crippen LogP contribution is 2.41. The molecule has 12 heteroatoms. The van der Waals surface area contributed by atoms with Gasteiger partial charge in [-0.05, 0) is 95.1 Å². The minimum absolute atomic E-state index is 0.00280. The topological polar surface area (TPSA) is 119 Å². The molecular formula is C38H47FN6O5. The lowest BCUT2D eigenvalue weighted by Gasteiger charge is -2.40. The lowest BCUT2D eigenvalue weighted by molar-refractivity contribution is -0.138. The summed E-state index contributed by atoms with van der Waals surface area (Å²) >= 11 is 0. The summed E-state index contributed by atoms with van der Waals surface area (Å²) in [6.45, 7) is 10.6. The maximum atomic E-state index is 15.0. The number of amides is 3. The molecule has 266 valence electrons. The molecule has 1 unspecified atom stereocenters. The van der Waals surface area contributed by atoms with Crippen LogP contribution in [-0.4, -0.2) is 112 Å². The van der Waals surface area contributed by atoms with Crippen molar-refractivity contribution in [1.29, 1.82) is 0 Å². The first-order chi connectivity index (χ1) is 23.9. The van der Waals surface area contributed by atoms with Gasteiger partial charge < -0.3 is 24.3 Å². The fourth-order valence-electron chi connectivity index (χ4n) is 8.46. The number of ether oxygens (including phenoxy) is 1. The number of H-pyrrole nitrogens is 1. The molecule has 3 saturated heterocycles. The van der Waals surface area contributed by atoms with Crippen molar-refractivity contribution in [3.63, 3.8) is 0 Å². The number of piperazine rings is 1. The molecule has 1 aliphatic carbocycles. The van der Waals surface area contributed by atoms with Gasteiger partial charge in [0.15, 0.2) is 0 Å². The van der Waals surface area contributed by atoms with Gasteiger partial charge in [0.25, 0.3) is 11.5 Å². The molecule has 3 aliphatic heterocycles. The lowest BCUT2D eigenvalue weighted by Crippen LogP contribution is -2.53. The molecule has 0 spiro atoms. The van der Waals surface area contributed by atoms with Crippen LogP contribution in [0.3, 0.4) is 0 Å². The van der Waals surface area contributed by atoms with Gasteiger partial charge in [-0.3, -0.25) is 14.4 Å². The van der Waals surface area contributed by atoms with E-state index in [0.717, 1.165) is 51.9 Å². The SMILES string of the molecule is CC(C)(C)OC(=O)N1C[C@H]2CC(N3CCC(C(=O)N4CCN(C(=O)c5cc(Cc6n[nH]c(=O)c7ccccc67)ccc5F)CC4)CC3)C[C@H]2C1. The molecule has 3 amide bonds. The molecule has 1 aromatic heterocycles. The van der Waals surface area contributed by atoms with Crippen LogP contribution < -0.4 is 5.56 Å². The number of fused-ring (bicyclic) bond motifs is 2.